The van der Waals surface area contributed by atoms with E-state index in [-0.39, 0.29) is 12.4 Å². The van der Waals surface area contributed by atoms with Gasteiger partial charge in [-0.1, -0.05) is 56.7 Å². The molecule has 0 unspecified atom stereocenters. The molecule has 0 aliphatic carbocycles. The average molecular weight is 501 g/mol. The number of hydrogen-bond acceptors (Lipinski definition) is 3. The van der Waals surface area contributed by atoms with Gasteiger partial charge in [-0.2, -0.15) is 0 Å². The first-order valence-corrected chi connectivity index (χ1v) is 12.0. The van der Waals surface area contributed by atoms with Crippen LogP contribution in [0.2, 0.25) is 5.02 Å². The molecule has 2 rings (SSSR count). The standard InChI is InChI=1S/C24H32BrClFNO2/c1-3-5-6-7-8-9-13-28-16-18-14-20(25)24(23(15-18)29-4-2)30-17-19-21(26)11-10-12-22(19)27/h10-12,14-15,28H,3-9,13,16-17H2,1-2H3. The third-order valence-corrected chi connectivity index (χ3v) is 5.77. The van der Waals surface area contributed by atoms with Crippen molar-refractivity contribution in [2.75, 3.05) is 13.2 Å². The quantitative estimate of drug-likeness (QED) is 0.270. The van der Waals surface area contributed by atoms with Gasteiger partial charge >= 0.3 is 0 Å². The van der Waals surface area contributed by atoms with Crippen molar-refractivity contribution in [2.45, 2.75) is 65.5 Å². The number of nitrogens with one attached hydrogen (secondary N) is 1. The van der Waals surface area contributed by atoms with Crippen LogP contribution in [0, 0.1) is 5.82 Å². The largest absolute Gasteiger partial charge is 0.490 e. The molecule has 30 heavy (non-hydrogen) atoms. The highest BCUT2D eigenvalue weighted by molar-refractivity contribution is 9.10. The predicted molar refractivity (Wildman–Crippen MR) is 126 cm³/mol. The van der Waals surface area contributed by atoms with Crippen LogP contribution < -0.4 is 14.8 Å². The molecule has 0 radical (unpaired) electrons. The number of benzene rings is 2. The average Bonchev–Trinajstić information content (AvgIpc) is 2.71. The Labute approximate surface area is 193 Å². The number of unbranched alkanes of at least 4 members (excludes halogenated alkanes) is 5. The Kier molecular flexibility index (Phi) is 11.6. The molecule has 3 nitrogen and oxygen atoms in total. The molecule has 0 bridgehead atoms. The fourth-order valence-electron chi connectivity index (χ4n) is 3.20. The summed E-state index contributed by atoms with van der Waals surface area (Å²) in [6.07, 6.45) is 7.72. The highest BCUT2D eigenvalue weighted by Gasteiger charge is 2.15. The first-order chi connectivity index (χ1) is 14.6. The van der Waals surface area contributed by atoms with Crippen molar-refractivity contribution < 1.29 is 13.9 Å². The van der Waals surface area contributed by atoms with Gasteiger partial charge in [0.25, 0.3) is 0 Å². The Morgan fingerprint density at radius 2 is 1.80 bits per heavy atom. The smallest absolute Gasteiger partial charge is 0.175 e. The van der Waals surface area contributed by atoms with Crippen LogP contribution in [0.15, 0.2) is 34.8 Å². The number of rotatable bonds is 14. The van der Waals surface area contributed by atoms with E-state index in [2.05, 4.69) is 28.2 Å². The van der Waals surface area contributed by atoms with Crippen molar-refractivity contribution in [3.63, 3.8) is 0 Å². The fraction of sp³-hybridized carbons (Fsp3) is 0.500. The number of halogens is 3. The lowest BCUT2D eigenvalue weighted by molar-refractivity contribution is 0.264. The summed E-state index contributed by atoms with van der Waals surface area (Å²) in [5.41, 5.74) is 1.44. The normalized spacial score (nSPS) is 11.0. The first kappa shape index (κ1) is 25.0. The van der Waals surface area contributed by atoms with E-state index in [0.29, 0.717) is 28.7 Å². The van der Waals surface area contributed by atoms with E-state index in [1.165, 1.54) is 44.6 Å². The van der Waals surface area contributed by atoms with Gasteiger partial charge in [-0.3, -0.25) is 0 Å². The maximum atomic E-state index is 14.0. The van der Waals surface area contributed by atoms with Crippen LogP contribution in [0.1, 0.15) is 63.5 Å². The summed E-state index contributed by atoms with van der Waals surface area (Å²) in [6, 6.07) is 8.59. The molecular weight excluding hydrogens is 469 g/mol. The van der Waals surface area contributed by atoms with Gasteiger partial charge in [0.1, 0.15) is 12.4 Å². The van der Waals surface area contributed by atoms with Gasteiger partial charge in [0.15, 0.2) is 11.5 Å². The van der Waals surface area contributed by atoms with Crippen LogP contribution in [0.5, 0.6) is 11.5 Å². The maximum absolute atomic E-state index is 14.0. The molecule has 0 spiro atoms. The molecular formula is C24H32BrClFNO2. The molecule has 1 N–H and O–H groups in total. The topological polar surface area (TPSA) is 30.5 Å². The minimum Gasteiger partial charge on any atom is -0.490 e. The lowest BCUT2D eigenvalue weighted by Crippen LogP contribution is -2.15. The van der Waals surface area contributed by atoms with Crippen LogP contribution in [0.25, 0.3) is 0 Å². The van der Waals surface area contributed by atoms with Gasteiger partial charge in [0.2, 0.25) is 0 Å². The molecule has 2 aromatic carbocycles. The van der Waals surface area contributed by atoms with Crippen LogP contribution in [0.3, 0.4) is 0 Å². The van der Waals surface area contributed by atoms with Crippen molar-refractivity contribution in [2.24, 2.45) is 0 Å². The van der Waals surface area contributed by atoms with Gasteiger partial charge in [-0.05, 0) is 65.6 Å². The molecule has 0 atom stereocenters. The molecule has 166 valence electrons. The van der Waals surface area contributed by atoms with Crippen molar-refractivity contribution in [3.8, 4) is 11.5 Å². The Morgan fingerprint density at radius 1 is 1.03 bits per heavy atom. The van der Waals surface area contributed by atoms with Gasteiger partial charge in [0, 0.05) is 12.1 Å². The SMILES string of the molecule is CCCCCCCCNCc1cc(Br)c(OCc2c(F)cccc2Cl)c(OCC)c1. The fourth-order valence-corrected chi connectivity index (χ4v) is 4.03. The third kappa shape index (κ3) is 8.09. The summed E-state index contributed by atoms with van der Waals surface area (Å²) in [4.78, 5) is 0. The van der Waals surface area contributed by atoms with E-state index in [0.717, 1.165) is 23.1 Å². The Morgan fingerprint density at radius 3 is 2.53 bits per heavy atom. The molecule has 0 aliphatic rings. The van der Waals surface area contributed by atoms with Crippen molar-refractivity contribution in [1.82, 2.24) is 5.32 Å². The van der Waals surface area contributed by atoms with Gasteiger partial charge in [-0.25, -0.2) is 4.39 Å². The second kappa shape index (κ2) is 13.9. The summed E-state index contributed by atoms with van der Waals surface area (Å²) >= 11 is 9.69. The molecule has 0 saturated carbocycles. The van der Waals surface area contributed by atoms with Crippen molar-refractivity contribution in [3.05, 3.63) is 56.8 Å². The van der Waals surface area contributed by atoms with Crippen molar-refractivity contribution in [1.29, 1.82) is 0 Å². The second-order valence-electron chi connectivity index (χ2n) is 7.27. The molecule has 0 saturated heterocycles. The molecule has 2 aromatic rings. The highest BCUT2D eigenvalue weighted by Crippen LogP contribution is 2.38. The summed E-state index contributed by atoms with van der Waals surface area (Å²) < 4.78 is 26.5. The predicted octanol–water partition coefficient (Wildman–Crippen LogP) is 7.67. The Hall–Kier alpha value is -1.30. The van der Waals surface area contributed by atoms with Crippen LogP contribution in [-0.4, -0.2) is 13.2 Å². The van der Waals surface area contributed by atoms with E-state index in [1.54, 1.807) is 12.1 Å². The van der Waals surface area contributed by atoms with Gasteiger partial charge in [0.05, 0.1) is 16.1 Å². The van der Waals surface area contributed by atoms with Crippen molar-refractivity contribution >= 4 is 27.5 Å². The molecule has 0 aliphatic heterocycles. The summed E-state index contributed by atoms with van der Waals surface area (Å²) in [7, 11) is 0. The zero-order valence-corrected chi connectivity index (χ0v) is 20.3. The molecule has 0 amide bonds. The summed E-state index contributed by atoms with van der Waals surface area (Å²) in [5, 5.41) is 3.84. The van der Waals surface area contributed by atoms with Gasteiger partial charge in [-0.15, -0.1) is 0 Å². The van der Waals surface area contributed by atoms with Crippen LogP contribution >= 0.6 is 27.5 Å². The zero-order chi connectivity index (χ0) is 21.8. The van der Waals surface area contributed by atoms with Gasteiger partial charge < -0.3 is 14.8 Å². The minimum atomic E-state index is -0.382. The monoisotopic (exact) mass is 499 g/mol. The zero-order valence-electron chi connectivity index (χ0n) is 17.9. The Balaban J connectivity index is 1.94. The van der Waals surface area contributed by atoms with Crippen LogP contribution in [0.4, 0.5) is 4.39 Å². The first-order valence-electron chi connectivity index (χ1n) is 10.8. The second-order valence-corrected chi connectivity index (χ2v) is 8.53. The van der Waals surface area contributed by atoms with E-state index < -0.39 is 0 Å². The molecule has 0 aromatic heterocycles. The van der Waals surface area contributed by atoms with E-state index in [1.807, 2.05) is 19.1 Å². The minimum absolute atomic E-state index is 0.0276. The number of ether oxygens (including phenoxy) is 2. The van der Waals surface area contributed by atoms with Crippen LogP contribution in [-0.2, 0) is 13.2 Å². The highest BCUT2D eigenvalue weighted by atomic mass is 79.9. The molecule has 0 fully saturated rings. The van der Waals surface area contributed by atoms with E-state index >= 15 is 0 Å². The lowest BCUT2D eigenvalue weighted by atomic mass is 10.1. The third-order valence-electron chi connectivity index (χ3n) is 4.83. The molecule has 0 heterocycles. The lowest BCUT2D eigenvalue weighted by Gasteiger charge is -2.16. The molecule has 6 heteroatoms. The Bertz CT molecular complexity index is 768. The van der Waals surface area contributed by atoms with E-state index in [4.69, 9.17) is 21.1 Å². The summed E-state index contributed by atoms with van der Waals surface area (Å²) in [5.74, 6) is 0.804. The number of hydrogen-bond donors (Lipinski definition) is 1. The van der Waals surface area contributed by atoms with E-state index in [9.17, 15) is 4.39 Å². The maximum Gasteiger partial charge on any atom is 0.175 e. The summed E-state index contributed by atoms with van der Waals surface area (Å²) in [6.45, 7) is 6.46.